The summed E-state index contributed by atoms with van der Waals surface area (Å²) in [6.45, 7) is 2.96. The van der Waals surface area contributed by atoms with E-state index in [9.17, 15) is 4.79 Å². The van der Waals surface area contributed by atoms with E-state index in [-0.39, 0.29) is 0 Å². The van der Waals surface area contributed by atoms with Gasteiger partial charge in [-0.25, -0.2) is 0 Å². The van der Waals surface area contributed by atoms with Crippen molar-refractivity contribution in [2.45, 2.75) is 64.3 Å². The first-order valence-corrected chi connectivity index (χ1v) is 7.14. The van der Waals surface area contributed by atoms with E-state index in [1.54, 1.807) is 0 Å². The summed E-state index contributed by atoms with van der Waals surface area (Å²) in [6.07, 6.45) is 8.83. The van der Waals surface area contributed by atoms with Gasteiger partial charge < -0.3 is 10.6 Å². The Morgan fingerprint density at radius 2 is 1.88 bits per heavy atom. The number of carbonyl (C=O) groups is 1. The van der Waals surface area contributed by atoms with Gasteiger partial charge in [-0.15, -0.1) is 0 Å². The summed E-state index contributed by atoms with van der Waals surface area (Å²) in [5.41, 5.74) is 5.44. The maximum Gasteiger partial charge on any atom is 0.222 e. The first-order chi connectivity index (χ1) is 8.19. The third kappa shape index (κ3) is 4.66. The number of amides is 1. The SMILES string of the molecule is CCC1CCC(N(C)C(=O)CCCCN)CC1. The Balaban J connectivity index is 2.27. The van der Waals surface area contributed by atoms with E-state index in [0.29, 0.717) is 24.9 Å². The van der Waals surface area contributed by atoms with Gasteiger partial charge in [-0.2, -0.15) is 0 Å². The van der Waals surface area contributed by atoms with Crippen molar-refractivity contribution in [1.82, 2.24) is 4.90 Å². The third-order valence-electron chi connectivity index (χ3n) is 4.18. The Kier molecular flexibility index (Phi) is 6.56. The quantitative estimate of drug-likeness (QED) is 0.725. The fourth-order valence-corrected chi connectivity index (χ4v) is 2.74. The second-order valence-corrected chi connectivity index (χ2v) is 5.33. The van der Waals surface area contributed by atoms with Crippen molar-refractivity contribution in [2.75, 3.05) is 13.6 Å². The van der Waals surface area contributed by atoms with Crippen molar-refractivity contribution in [3.63, 3.8) is 0 Å². The van der Waals surface area contributed by atoms with Crippen LogP contribution in [0.1, 0.15) is 58.3 Å². The zero-order valence-electron chi connectivity index (χ0n) is 11.5. The summed E-state index contributed by atoms with van der Waals surface area (Å²) in [6, 6.07) is 0.489. The molecule has 0 aromatic rings. The summed E-state index contributed by atoms with van der Waals surface area (Å²) < 4.78 is 0. The molecule has 17 heavy (non-hydrogen) atoms. The molecule has 3 nitrogen and oxygen atoms in total. The summed E-state index contributed by atoms with van der Waals surface area (Å²) in [4.78, 5) is 13.9. The molecule has 0 bridgehead atoms. The molecule has 0 unspecified atom stereocenters. The van der Waals surface area contributed by atoms with Crippen molar-refractivity contribution in [1.29, 1.82) is 0 Å². The third-order valence-corrected chi connectivity index (χ3v) is 4.18. The van der Waals surface area contributed by atoms with Gasteiger partial charge >= 0.3 is 0 Å². The number of hydrogen-bond donors (Lipinski definition) is 1. The lowest BCUT2D eigenvalue weighted by Crippen LogP contribution is -2.39. The van der Waals surface area contributed by atoms with E-state index in [2.05, 4.69) is 6.92 Å². The fraction of sp³-hybridized carbons (Fsp3) is 0.929. The van der Waals surface area contributed by atoms with Gasteiger partial charge in [-0.1, -0.05) is 13.3 Å². The molecule has 3 heteroatoms. The Labute approximate surface area is 106 Å². The zero-order chi connectivity index (χ0) is 12.7. The molecule has 1 aliphatic carbocycles. The second kappa shape index (κ2) is 7.70. The van der Waals surface area contributed by atoms with Crippen molar-refractivity contribution in [2.24, 2.45) is 11.7 Å². The molecule has 0 radical (unpaired) electrons. The predicted molar refractivity (Wildman–Crippen MR) is 71.7 cm³/mol. The van der Waals surface area contributed by atoms with Crippen molar-refractivity contribution < 1.29 is 4.79 Å². The maximum atomic E-state index is 12.0. The van der Waals surface area contributed by atoms with Gasteiger partial charge in [0.15, 0.2) is 0 Å². The summed E-state index contributed by atoms with van der Waals surface area (Å²) in [7, 11) is 1.97. The van der Waals surface area contributed by atoms with Crippen LogP contribution < -0.4 is 5.73 Å². The summed E-state index contributed by atoms with van der Waals surface area (Å²) in [5, 5.41) is 0. The second-order valence-electron chi connectivity index (χ2n) is 5.33. The molecule has 0 aromatic heterocycles. The lowest BCUT2D eigenvalue weighted by Gasteiger charge is -2.34. The number of rotatable bonds is 6. The lowest BCUT2D eigenvalue weighted by molar-refractivity contribution is -0.132. The molecule has 1 fully saturated rings. The number of carbonyl (C=O) groups excluding carboxylic acids is 1. The molecule has 1 saturated carbocycles. The standard InChI is InChI=1S/C14H28N2O/c1-3-12-7-9-13(10-8-12)16(2)14(17)6-4-5-11-15/h12-13H,3-11,15H2,1-2H3. The minimum absolute atomic E-state index is 0.304. The molecular formula is C14H28N2O. The van der Waals surface area contributed by atoms with Crippen LogP contribution in [0.15, 0.2) is 0 Å². The number of hydrogen-bond acceptors (Lipinski definition) is 2. The number of nitrogens with zero attached hydrogens (tertiary/aromatic N) is 1. The van der Waals surface area contributed by atoms with E-state index in [0.717, 1.165) is 18.8 Å². The summed E-state index contributed by atoms with van der Waals surface area (Å²) in [5.74, 6) is 1.20. The topological polar surface area (TPSA) is 46.3 Å². The van der Waals surface area contributed by atoms with Gasteiger partial charge in [0.25, 0.3) is 0 Å². The molecule has 0 heterocycles. The van der Waals surface area contributed by atoms with Crippen molar-refractivity contribution in [3.8, 4) is 0 Å². The normalized spacial score (nSPS) is 24.6. The Bertz CT molecular complexity index is 222. The lowest BCUT2D eigenvalue weighted by atomic mass is 9.84. The smallest absolute Gasteiger partial charge is 0.222 e. The van der Waals surface area contributed by atoms with Crippen LogP contribution in [-0.2, 0) is 4.79 Å². The van der Waals surface area contributed by atoms with Gasteiger partial charge in [-0.05, 0) is 51.0 Å². The van der Waals surface area contributed by atoms with Crippen LogP contribution in [0.4, 0.5) is 0 Å². The minimum Gasteiger partial charge on any atom is -0.343 e. The first kappa shape index (κ1) is 14.5. The van der Waals surface area contributed by atoms with Crippen LogP contribution in [0, 0.1) is 5.92 Å². The molecule has 0 aromatic carbocycles. The Hall–Kier alpha value is -0.570. The summed E-state index contributed by atoms with van der Waals surface area (Å²) >= 11 is 0. The predicted octanol–water partition coefficient (Wildman–Crippen LogP) is 2.54. The van der Waals surface area contributed by atoms with Crippen LogP contribution in [0.2, 0.25) is 0 Å². The highest BCUT2D eigenvalue weighted by molar-refractivity contribution is 5.76. The van der Waals surface area contributed by atoms with Gasteiger partial charge in [-0.3, -0.25) is 4.79 Å². The van der Waals surface area contributed by atoms with Crippen molar-refractivity contribution >= 4 is 5.91 Å². The number of unbranched alkanes of at least 4 members (excludes halogenated alkanes) is 1. The van der Waals surface area contributed by atoms with Gasteiger partial charge in [0, 0.05) is 19.5 Å². The monoisotopic (exact) mass is 240 g/mol. The van der Waals surface area contributed by atoms with Crippen LogP contribution in [0.3, 0.4) is 0 Å². The van der Waals surface area contributed by atoms with Crippen molar-refractivity contribution in [3.05, 3.63) is 0 Å². The highest BCUT2D eigenvalue weighted by Gasteiger charge is 2.25. The molecule has 0 atom stereocenters. The van der Waals surface area contributed by atoms with E-state index < -0.39 is 0 Å². The molecule has 0 aliphatic heterocycles. The molecule has 0 spiro atoms. The molecule has 1 rings (SSSR count). The molecule has 100 valence electrons. The average Bonchev–Trinajstić information content (AvgIpc) is 2.38. The van der Waals surface area contributed by atoms with Crippen LogP contribution >= 0.6 is 0 Å². The van der Waals surface area contributed by atoms with E-state index >= 15 is 0 Å². The van der Waals surface area contributed by atoms with Crippen LogP contribution in [0.5, 0.6) is 0 Å². The van der Waals surface area contributed by atoms with Gasteiger partial charge in [0.2, 0.25) is 5.91 Å². The average molecular weight is 240 g/mol. The van der Waals surface area contributed by atoms with E-state index in [1.807, 2.05) is 11.9 Å². The highest BCUT2D eigenvalue weighted by atomic mass is 16.2. The zero-order valence-corrected chi connectivity index (χ0v) is 11.5. The fourth-order valence-electron chi connectivity index (χ4n) is 2.74. The Morgan fingerprint density at radius 3 is 2.41 bits per heavy atom. The van der Waals surface area contributed by atoms with Gasteiger partial charge in [0.1, 0.15) is 0 Å². The van der Waals surface area contributed by atoms with Crippen LogP contribution in [-0.4, -0.2) is 30.4 Å². The van der Waals surface area contributed by atoms with Crippen LogP contribution in [0.25, 0.3) is 0 Å². The first-order valence-electron chi connectivity index (χ1n) is 7.14. The van der Waals surface area contributed by atoms with E-state index in [1.165, 1.54) is 32.1 Å². The molecule has 2 N–H and O–H groups in total. The minimum atomic E-state index is 0.304. The largest absolute Gasteiger partial charge is 0.343 e. The molecule has 0 saturated heterocycles. The Morgan fingerprint density at radius 1 is 1.24 bits per heavy atom. The van der Waals surface area contributed by atoms with E-state index in [4.69, 9.17) is 5.73 Å². The molecule has 1 amide bonds. The number of nitrogens with two attached hydrogens (primary N) is 1. The van der Waals surface area contributed by atoms with Gasteiger partial charge in [0.05, 0.1) is 0 Å². The highest BCUT2D eigenvalue weighted by Crippen LogP contribution is 2.29. The maximum absolute atomic E-state index is 12.0. The molecule has 1 aliphatic rings. The molecular weight excluding hydrogens is 212 g/mol.